The molecule has 2 aliphatic heterocycles. The van der Waals surface area contributed by atoms with Crippen LogP contribution in [0.15, 0.2) is 72.8 Å². The Morgan fingerprint density at radius 1 is 0.647 bits per heavy atom. The van der Waals surface area contributed by atoms with Crippen LogP contribution in [-0.4, -0.2) is 39.2 Å². The first-order valence-corrected chi connectivity index (χ1v) is 10.8. The molecule has 34 heavy (non-hydrogen) atoms. The van der Waals surface area contributed by atoms with Crippen LogP contribution in [0.25, 0.3) is 0 Å². The monoisotopic (exact) mass is 460 g/mol. The SMILES string of the molecule is COc1ccc([C@H]2[C@@H]3C(=O)N(c4ccc(OC)cc4)C(=O)[C@@H]3ON2c2ccc(OC)cc2)cc1. The van der Waals surface area contributed by atoms with E-state index in [1.807, 2.05) is 48.5 Å². The first kappa shape index (κ1) is 21.8. The molecule has 0 radical (unpaired) electrons. The summed E-state index contributed by atoms with van der Waals surface area (Å²) in [5.74, 6) is 0.615. The Kier molecular flexibility index (Phi) is 5.59. The number of ether oxygens (including phenoxy) is 3. The summed E-state index contributed by atoms with van der Waals surface area (Å²) in [7, 11) is 4.75. The Balaban J connectivity index is 1.54. The molecule has 0 bridgehead atoms. The fourth-order valence-corrected chi connectivity index (χ4v) is 4.49. The molecule has 3 atom stereocenters. The molecule has 2 amide bonds. The molecule has 0 N–H and O–H groups in total. The Labute approximate surface area is 197 Å². The Hall–Kier alpha value is -4.04. The molecule has 2 fully saturated rings. The van der Waals surface area contributed by atoms with Crippen LogP contribution in [0.2, 0.25) is 0 Å². The van der Waals surface area contributed by atoms with Crippen LogP contribution in [0, 0.1) is 5.92 Å². The maximum atomic E-state index is 13.7. The highest BCUT2D eigenvalue weighted by Gasteiger charge is 2.60. The fraction of sp³-hybridized carbons (Fsp3) is 0.231. The first-order valence-electron chi connectivity index (χ1n) is 10.8. The molecule has 2 aliphatic rings. The minimum atomic E-state index is -0.941. The molecule has 0 saturated carbocycles. The van der Waals surface area contributed by atoms with Gasteiger partial charge in [-0.25, -0.2) is 9.96 Å². The van der Waals surface area contributed by atoms with Crippen molar-refractivity contribution in [1.29, 1.82) is 0 Å². The molecule has 8 heteroatoms. The summed E-state index contributed by atoms with van der Waals surface area (Å²) >= 11 is 0. The van der Waals surface area contributed by atoms with Gasteiger partial charge in [-0.05, 0) is 66.2 Å². The van der Waals surface area contributed by atoms with Gasteiger partial charge < -0.3 is 14.2 Å². The number of carbonyl (C=O) groups excluding carboxylic acids is 2. The van der Waals surface area contributed by atoms with Crippen molar-refractivity contribution < 1.29 is 28.6 Å². The molecule has 174 valence electrons. The van der Waals surface area contributed by atoms with Crippen molar-refractivity contribution in [2.45, 2.75) is 12.1 Å². The highest BCUT2D eigenvalue weighted by molar-refractivity contribution is 6.23. The third kappa shape index (κ3) is 3.52. The van der Waals surface area contributed by atoms with Crippen molar-refractivity contribution in [3.8, 4) is 17.2 Å². The molecular formula is C26H24N2O6. The second kappa shape index (κ2) is 8.72. The van der Waals surface area contributed by atoms with Gasteiger partial charge in [-0.2, -0.15) is 0 Å². The molecule has 0 unspecified atom stereocenters. The van der Waals surface area contributed by atoms with Crippen molar-refractivity contribution >= 4 is 23.2 Å². The third-order valence-electron chi connectivity index (χ3n) is 6.23. The Bertz CT molecular complexity index is 1190. The second-order valence-electron chi connectivity index (χ2n) is 8.00. The summed E-state index contributed by atoms with van der Waals surface area (Å²) in [4.78, 5) is 34.4. The maximum absolute atomic E-state index is 13.7. The Morgan fingerprint density at radius 2 is 1.12 bits per heavy atom. The number of fused-ring (bicyclic) bond motifs is 1. The molecular weight excluding hydrogens is 436 g/mol. The minimum Gasteiger partial charge on any atom is -0.497 e. The highest BCUT2D eigenvalue weighted by atomic mass is 16.7. The predicted octanol–water partition coefficient (Wildman–Crippen LogP) is 3.76. The molecule has 3 aromatic rings. The lowest BCUT2D eigenvalue weighted by molar-refractivity contribution is -0.126. The van der Waals surface area contributed by atoms with Gasteiger partial charge in [-0.1, -0.05) is 12.1 Å². The van der Waals surface area contributed by atoms with Gasteiger partial charge in [0.15, 0.2) is 6.10 Å². The number of amides is 2. The highest BCUT2D eigenvalue weighted by Crippen LogP contribution is 2.48. The van der Waals surface area contributed by atoms with Crippen LogP contribution in [0.1, 0.15) is 11.6 Å². The van der Waals surface area contributed by atoms with Crippen molar-refractivity contribution in [2.24, 2.45) is 5.92 Å². The molecule has 3 aromatic carbocycles. The van der Waals surface area contributed by atoms with E-state index in [-0.39, 0.29) is 5.91 Å². The topological polar surface area (TPSA) is 77.5 Å². The maximum Gasteiger partial charge on any atom is 0.266 e. The smallest absolute Gasteiger partial charge is 0.266 e. The average Bonchev–Trinajstić information content (AvgIpc) is 3.40. The lowest BCUT2D eigenvalue weighted by atomic mass is 9.90. The van der Waals surface area contributed by atoms with E-state index in [0.717, 1.165) is 5.56 Å². The van der Waals surface area contributed by atoms with Gasteiger partial charge in [0, 0.05) is 0 Å². The third-order valence-corrected chi connectivity index (χ3v) is 6.23. The average molecular weight is 460 g/mol. The van der Waals surface area contributed by atoms with Crippen molar-refractivity contribution in [1.82, 2.24) is 0 Å². The number of nitrogens with zero attached hydrogens (tertiary/aromatic N) is 2. The number of carbonyl (C=O) groups is 2. The van der Waals surface area contributed by atoms with Gasteiger partial charge in [0.05, 0.1) is 38.7 Å². The molecule has 0 aliphatic carbocycles. The van der Waals surface area contributed by atoms with E-state index < -0.39 is 24.0 Å². The van der Waals surface area contributed by atoms with Crippen LogP contribution < -0.4 is 24.2 Å². The van der Waals surface area contributed by atoms with Gasteiger partial charge in [-0.3, -0.25) is 14.4 Å². The standard InChI is InChI=1S/C26H24N2O6/c1-31-19-10-4-16(5-11-19)23-22-24(34-28(23)18-8-14-21(33-3)15-9-18)26(30)27(25(22)29)17-6-12-20(32-2)13-7-17/h4-15,22-24H,1-3H3/t22-,23-,24+/m0/s1. The van der Waals surface area contributed by atoms with E-state index in [1.54, 1.807) is 50.7 Å². The zero-order valence-electron chi connectivity index (χ0n) is 19.0. The molecule has 0 spiro atoms. The molecule has 8 nitrogen and oxygen atoms in total. The zero-order valence-corrected chi connectivity index (χ0v) is 19.0. The fourth-order valence-electron chi connectivity index (χ4n) is 4.49. The van der Waals surface area contributed by atoms with Gasteiger partial charge in [0.25, 0.3) is 5.91 Å². The van der Waals surface area contributed by atoms with Crippen LogP contribution in [0.3, 0.4) is 0 Å². The van der Waals surface area contributed by atoms with Crippen LogP contribution in [-0.2, 0) is 14.4 Å². The summed E-state index contributed by atoms with van der Waals surface area (Å²) in [6.07, 6.45) is -0.941. The second-order valence-corrected chi connectivity index (χ2v) is 8.00. The van der Waals surface area contributed by atoms with Gasteiger partial charge in [0.1, 0.15) is 23.2 Å². The zero-order chi connectivity index (χ0) is 23.8. The van der Waals surface area contributed by atoms with E-state index in [4.69, 9.17) is 19.0 Å². The van der Waals surface area contributed by atoms with E-state index in [9.17, 15) is 9.59 Å². The van der Waals surface area contributed by atoms with E-state index in [0.29, 0.717) is 28.6 Å². The number of benzene rings is 3. The van der Waals surface area contributed by atoms with E-state index in [2.05, 4.69) is 0 Å². The van der Waals surface area contributed by atoms with Crippen LogP contribution in [0.4, 0.5) is 11.4 Å². The normalized spacial score (nSPS) is 21.6. The summed E-state index contributed by atoms with van der Waals surface area (Å²) in [5.41, 5.74) is 2.03. The van der Waals surface area contributed by atoms with Crippen molar-refractivity contribution in [3.63, 3.8) is 0 Å². The van der Waals surface area contributed by atoms with Gasteiger partial charge in [-0.15, -0.1) is 0 Å². The quantitative estimate of drug-likeness (QED) is 0.519. The number of hydrogen-bond acceptors (Lipinski definition) is 7. The van der Waals surface area contributed by atoms with E-state index >= 15 is 0 Å². The number of anilines is 2. The number of hydroxylamine groups is 1. The summed E-state index contributed by atoms with van der Waals surface area (Å²) in [6.45, 7) is 0. The number of hydrogen-bond donors (Lipinski definition) is 0. The molecule has 2 saturated heterocycles. The summed E-state index contributed by atoms with van der Waals surface area (Å²) in [5, 5.41) is 1.65. The lowest BCUT2D eigenvalue weighted by Crippen LogP contribution is -2.37. The molecule has 5 rings (SSSR count). The van der Waals surface area contributed by atoms with Crippen molar-refractivity contribution in [3.05, 3.63) is 78.4 Å². The number of methoxy groups -OCH3 is 3. The van der Waals surface area contributed by atoms with Gasteiger partial charge in [0.2, 0.25) is 5.91 Å². The minimum absolute atomic E-state index is 0.308. The van der Waals surface area contributed by atoms with Crippen LogP contribution >= 0.6 is 0 Å². The van der Waals surface area contributed by atoms with Crippen LogP contribution in [0.5, 0.6) is 17.2 Å². The largest absolute Gasteiger partial charge is 0.497 e. The van der Waals surface area contributed by atoms with E-state index in [1.165, 1.54) is 4.90 Å². The number of rotatable bonds is 6. The predicted molar refractivity (Wildman–Crippen MR) is 125 cm³/mol. The van der Waals surface area contributed by atoms with Gasteiger partial charge >= 0.3 is 0 Å². The Morgan fingerprint density at radius 3 is 1.62 bits per heavy atom. The lowest BCUT2D eigenvalue weighted by Gasteiger charge is -2.29. The molecule has 2 heterocycles. The first-order chi connectivity index (χ1) is 16.5. The molecule has 0 aromatic heterocycles. The summed E-state index contributed by atoms with van der Waals surface area (Å²) < 4.78 is 15.7. The van der Waals surface area contributed by atoms with Crippen molar-refractivity contribution in [2.75, 3.05) is 31.3 Å². The summed E-state index contributed by atoms with van der Waals surface area (Å²) in [6, 6.07) is 21.1. The number of imide groups is 1.